The van der Waals surface area contributed by atoms with E-state index in [1.165, 1.54) is 38.2 Å². The van der Waals surface area contributed by atoms with Gasteiger partial charge in [-0.15, -0.1) is 0 Å². The lowest BCUT2D eigenvalue weighted by atomic mass is 10.0. The van der Waals surface area contributed by atoms with Crippen LogP contribution in [0.1, 0.15) is 77.6 Å². The molecule has 0 saturated carbocycles. The number of epoxide rings is 1. The summed E-state index contributed by atoms with van der Waals surface area (Å²) < 4.78 is 5.71. The fourth-order valence-electron chi connectivity index (χ4n) is 3.04. The van der Waals surface area contributed by atoms with Crippen molar-refractivity contribution in [3.8, 4) is 0 Å². The zero-order valence-electron chi connectivity index (χ0n) is 16.2. The first-order chi connectivity index (χ1) is 12.6. The number of unbranched alkanes of at least 4 members (excludes halogenated alkanes) is 5. The van der Waals surface area contributed by atoms with E-state index in [9.17, 15) is 9.90 Å². The summed E-state index contributed by atoms with van der Waals surface area (Å²) in [5, 5.41) is 18.4. The number of carboxylic acids is 1. The zero-order chi connectivity index (χ0) is 19.0. The Kier molecular flexibility index (Phi) is 12.8. The second-order valence-corrected chi connectivity index (χ2v) is 7.09. The Morgan fingerprint density at radius 3 is 2.50 bits per heavy atom. The molecule has 1 aliphatic rings. The van der Waals surface area contributed by atoms with E-state index in [-0.39, 0.29) is 6.10 Å². The molecule has 0 radical (unpaired) electrons. The maximum Gasteiger partial charge on any atom is 0.328 e. The molecule has 1 fully saturated rings. The first kappa shape index (κ1) is 22.7. The van der Waals surface area contributed by atoms with Crippen molar-refractivity contribution >= 4 is 5.97 Å². The third-order valence-electron chi connectivity index (χ3n) is 4.68. The van der Waals surface area contributed by atoms with Crippen molar-refractivity contribution in [1.29, 1.82) is 0 Å². The molecule has 4 heteroatoms. The standard InChI is InChI=1S/C22H36O4/c1-2-3-11-14-19(23)17-18-21-20(26-21)15-12-9-7-5-4-6-8-10-13-16-22(24)25/h4,6,8,10,13,16,19-21,23H,2-3,5,7,9,11-12,14-15,17-18H2,1H3,(H,24,25). The Balaban J connectivity index is 1.90. The van der Waals surface area contributed by atoms with E-state index in [4.69, 9.17) is 9.84 Å². The van der Waals surface area contributed by atoms with E-state index in [0.717, 1.165) is 44.6 Å². The van der Waals surface area contributed by atoms with Gasteiger partial charge in [0, 0.05) is 6.08 Å². The lowest BCUT2D eigenvalue weighted by molar-refractivity contribution is -0.131. The van der Waals surface area contributed by atoms with Gasteiger partial charge < -0.3 is 14.9 Å². The molecule has 0 aliphatic carbocycles. The highest BCUT2D eigenvalue weighted by Gasteiger charge is 2.37. The lowest BCUT2D eigenvalue weighted by Crippen LogP contribution is -2.08. The molecule has 2 N–H and O–H groups in total. The lowest BCUT2D eigenvalue weighted by Gasteiger charge is -2.08. The third-order valence-corrected chi connectivity index (χ3v) is 4.68. The van der Waals surface area contributed by atoms with Crippen molar-refractivity contribution < 1.29 is 19.7 Å². The fourth-order valence-corrected chi connectivity index (χ4v) is 3.04. The van der Waals surface area contributed by atoms with E-state index in [2.05, 4.69) is 13.0 Å². The highest BCUT2D eigenvalue weighted by atomic mass is 16.6. The largest absolute Gasteiger partial charge is 0.478 e. The van der Waals surface area contributed by atoms with Crippen molar-refractivity contribution in [2.75, 3.05) is 0 Å². The molecule has 0 bridgehead atoms. The van der Waals surface area contributed by atoms with Gasteiger partial charge in [0.05, 0.1) is 18.3 Å². The number of hydrogen-bond donors (Lipinski definition) is 2. The minimum atomic E-state index is -0.927. The summed E-state index contributed by atoms with van der Waals surface area (Å²) in [7, 11) is 0. The molecule has 3 atom stereocenters. The molecule has 1 saturated heterocycles. The van der Waals surface area contributed by atoms with Crippen LogP contribution in [-0.4, -0.2) is 34.5 Å². The van der Waals surface area contributed by atoms with Crippen LogP contribution in [0.5, 0.6) is 0 Å². The van der Waals surface area contributed by atoms with Crippen LogP contribution < -0.4 is 0 Å². The van der Waals surface area contributed by atoms with Gasteiger partial charge in [-0.2, -0.15) is 0 Å². The second kappa shape index (κ2) is 14.7. The summed E-state index contributed by atoms with van der Waals surface area (Å²) in [6, 6.07) is 0. The normalized spacial score (nSPS) is 21.2. The van der Waals surface area contributed by atoms with Gasteiger partial charge >= 0.3 is 5.97 Å². The van der Waals surface area contributed by atoms with Crippen molar-refractivity contribution in [2.24, 2.45) is 0 Å². The van der Waals surface area contributed by atoms with Crippen molar-refractivity contribution in [3.63, 3.8) is 0 Å². The Bertz CT molecular complexity index is 453. The van der Waals surface area contributed by atoms with Crippen LogP contribution in [0.2, 0.25) is 0 Å². The highest BCUT2D eigenvalue weighted by molar-refractivity contribution is 5.80. The molecule has 0 amide bonds. The third kappa shape index (κ3) is 12.9. The SMILES string of the molecule is CCCCCC(O)CCC1OC1CCCCCC=CC=CC=CC(=O)O. The quantitative estimate of drug-likeness (QED) is 0.171. The maximum absolute atomic E-state index is 10.3. The molecule has 0 aromatic carbocycles. The van der Waals surface area contributed by atoms with Crippen LogP contribution in [0.4, 0.5) is 0 Å². The number of aliphatic hydroxyl groups excluding tert-OH is 1. The van der Waals surface area contributed by atoms with Crippen LogP contribution in [0, 0.1) is 0 Å². The van der Waals surface area contributed by atoms with Gasteiger partial charge in [-0.1, -0.05) is 69.4 Å². The van der Waals surface area contributed by atoms with Gasteiger partial charge in [-0.3, -0.25) is 0 Å². The summed E-state index contributed by atoms with van der Waals surface area (Å²) in [5.74, 6) is -0.927. The predicted molar refractivity (Wildman–Crippen MR) is 106 cm³/mol. The molecule has 148 valence electrons. The first-order valence-corrected chi connectivity index (χ1v) is 10.2. The van der Waals surface area contributed by atoms with Gasteiger partial charge in [0.2, 0.25) is 0 Å². The summed E-state index contributed by atoms with van der Waals surface area (Å²) in [4.78, 5) is 10.3. The summed E-state index contributed by atoms with van der Waals surface area (Å²) in [5.41, 5.74) is 0. The number of allylic oxidation sites excluding steroid dienone is 5. The van der Waals surface area contributed by atoms with Crippen LogP contribution in [0.15, 0.2) is 36.5 Å². The summed E-state index contributed by atoms with van der Waals surface area (Å²) >= 11 is 0. The average molecular weight is 365 g/mol. The number of ether oxygens (including phenoxy) is 1. The molecule has 1 heterocycles. The van der Waals surface area contributed by atoms with E-state index < -0.39 is 5.97 Å². The van der Waals surface area contributed by atoms with E-state index in [0.29, 0.717) is 12.2 Å². The average Bonchev–Trinajstić information content (AvgIpc) is 3.36. The first-order valence-electron chi connectivity index (χ1n) is 10.2. The Labute approximate surface area is 158 Å². The number of carbonyl (C=O) groups is 1. The molecular weight excluding hydrogens is 328 g/mol. The fraction of sp³-hybridized carbons (Fsp3) is 0.682. The number of aliphatic hydroxyl groups is 1. The van der Waals surface area contributed by atoms with Gasteiger partial charge in [-0.05, 0) is 38.5 Å². The second-order valence-electron chi connectivity index (χ2n) is 7.09. The Morgan fingerprint density at radius 2 is 1.73 bits per heavy atom. The van der Waals surface area contributed by atoms with E-state index in [1.807, 2.05) is 12.2 Å². The number of rotatable bonds is 16. The summed E-state index contributed by atoms with van der Waals surface area (Å²) in [6.45, 7) is 2.19. The highest BCUT2D eigenvalue weighted by Crippen LogP contribution is 2.31. The Morgan fingerprint density at radius 1 is 0.962 bits per heavy atom. The van der Waals surface area contributed by atoms with Crippen LogP contribution in [-0.2, 0) is 9.53 Å². The number of carboxylic acid groups (broad SMARTS) is 1. The molecule has 1 aliphatic heterocycles. The van der Waals surface area contributed by atoms with E-state index >= 15 is 0 Å². The minimum absolute atomic E-state index is 0.146. The maximum atomic E-state index is 10.3. The minimum Gasteiger partial charge on any atom is -0.478 e. The van der Waals surface area contributed by atoms with E-state index in [1.54, 1.807) is 6.08 Å². The molecule has 0 aromatic heterocycles. The smallest absolute Gasteiger partial charge is 0.328 e. The molecule has 4 nitrogen and oxygen atoms in total. The van der Waals surface area contributed by atoms with Crippen LogP contribution in [0.25, 0.3) is 0 Å². The predicted octanol–water partition coefficient (Wildman–Crippen LogP) is 5.18. The molecule has 0 spiro atoms. The monoisotopic (exact) mass is 364 g/mol. The summed E-state index contributed by atoms with van der Waals surface area (Å²) in [6.07, 6.45) is 23.1. The van der Waals surface area contributed by atoms with Crippen LogP contribution >= 0.6 is 0 Å². The van der Waals surface area contributed by atoms with Gasteiger partial charge in [-0.25, -0.2) is 4.79 Å². The topological polar surface area (TPSA) is 70.1 Å². The van der Waals surface area contributed by atoms with Gasteiger partial charge in [0.15, 0.2) is 0 Å². The molecule has 3 unspecified atom stereocenters. The van der Waals surface area contributed by atoms with Crippen molar-refractivity contribution in [3.05, 3.63) is 36.5 Å². The molecule has 0 aromatic rings. The molecule has 1 rings (SSSR count). The Hall–Kier alpha value is -1.39. The van der Waals surface area contributed by atoms with Crippen molar-refractivity contribution in [1.82, 2.24) is 0 Å². The van der Waals surface area contributed by atoms with Gasteiger partial charge in [0.1, 0.15) is 0 Å². The number of hydrogen-bond acceptors (Lipinski definition) is 3. The van der Waals surface area contributed by atoms with Gasteiger partial charge in [0.25, 0.3) is 0 Å². The zero-order valence-corrected chi connectivity index (χ0v) is 16.2. The van der Waals surface area contributed by atoms with Crippen LogP contribution in [0.3, 0.4) is 0 Å². The molecule has 26 heavy (non-hydrogen) atoms. The van der Waals surface area contributed by atoms with Crippen molar-refractivity contribution in [2.45, 2.75) is 95.9 Å². The molecular formula is C22H36O4. The number of aliphatic carboxylic acids is 1.